The summed E-state index contributed by atoms with van der Waals surface area (Å²) >= 11 is 10.1. The molecule has 0 aromatic carbocycles. The highest BCUT2D eigenvalue weighted by molar-refractivity contribution is 9.10. The number of ether oxygens (including phenoxy) is 2. The van der Waals surface area contributed by atoms with Crippen molar-refractivity contribution >= 4 is 39.1 Å². The molecule has 4 aliphatic rings. The Morgan fingerprint density at radius 1 is 1.33 bits per heavy atom. The number of aliphatic hydroxyl groups excluding tert-OH is 1. The van der Waals surface area contributed by atoms with Gasteiger partial charge in [0.25, 0.3) is 0 Å². The molecule has 7 heteroatoms. The topological polar surface area (TPSA) is 72.8 Å². The van der Waals surface area contributed by atoms with Gasteiger partial charge in [0.2, 0.25) is 0 Å². The number of fused-ring (bicyclic) bond motifs is 5. The Morgan fingerprint density at radius 3 is 2.73 bits per heavy atom. The molecule has 0 radical (unpaired) electrons. The first-order valence-corrected chi connectivity index (χ1v) is 12.0. The zero-order valence-electron chi connectivity index (χ0n) is 17.7. The maximum Gasteiger partial charge on any atom is 0.179 e. The normalized spacial score (nSPS) is 47.3. The van der Waals surface area contributed by atoms with Gasteiger partial charge in [-0.05, 0) is 56.1 Å². The molecule has 1 unspecified atom stereocenters. The Kier molecular flexibility index (Phi) is 5.67. The molecule has 0 aliphatic heterocycles. The van der Waals surface area contributed by atoms with Gasteiger partial charge in [-0.2, -0.15) is 0 Å². The van der Waals surface area contributed by atoms with E-state index in [1.807, 2.05) is 6.08 Å². The van der Waals surface area contributed by atoms with Crippen LogP contribution in [-0.2, 0) is 19.1 Å². The first kappa shape index (κ1) is 22.7. The number of allylic oxidation sites excluding steroid dienone is 4. The van der Waals surface area contributed by atoms with Crippen LogP contribution in [0.2, 0.25) is 0 Å². The van der Waals surface area contributed by atoms with Gasteiger partial charge in [0.15, 0.2) is 11.6 Å². The predicted octanol–water partition coefficient (Wildman–Crippen LogP) is 3.95. The highest BCUT2D eigenvalue weighted by Crippen LogP contribution is 2.71. The number of halogens is 2. The molecule has 3 saturated carbocycles. The molecule has 4 aliphatic carbocycles. The van der Waals surface area contributed by atoms with Gasteiger partial charge in [-0.25, -0.2) is 0 Å². The van der Waals surface area contributed by atoms with E-state index >= 15 is 0 Å². The van der Waals surface area contributed by atoms with Crippen molar-refractivity contribution in [3.05, 3.63) is 23.8 Å². The Balaban J connectivity index is 1.79. The van der Waals surface area contributed by atoms with Crippen molar-refractivity contribution < 1.29 is 24.2 Å². The van der Waals surface area contributed by atoms with Crippen molar-refractivity contribution in [2.75, 3.05) is 19.8 Å². The predicted molar refractivity (Wildman–Crippen MR) is 118 cm³/mol. The van der Waals surface area contributed by atoms with E-state index in [0.29, 0.717) is 12.8 Å². The fourth-order valence-electron chi connectivity index (χ4n) is 7.24. The Bertz CT molecular complexity index is 826. The van der Waals surface area contributed by atoms with Gasteiger partial charge in [-0.1, -0.05) is 41.4 Å². The molecule has 0 spiro atoms. The van der Waals surface area contributed by atoms with E-state index in [1.54, 1.807) is 19.3 Å². The number of ketones is 2. The molecule has 0 aromatic heterocycles. The van der Waals surface area contributed by atoms with Crippen molar-refractivity contribution in [2.45, 2.75) is 62.0 Å². The molecule has 0 aromatic rings. The van der Waals surface area contributed by atoms with Crippen LogP contribution in [0, 0.1) is 22.7 Å². The molecular formula is C23H30BrClO5. The van der Waals surface area contributed by atoms with E-state index in [2.05, 4.69) is 29.8 Å². The zero-order valence-corrected chi connectivity index (χ0v) is 20.1. The van der Waals surface area contributed by atoms with Crippen molar-refractivity contribution in [1.82, 2.24) is 0 Å². The highest BCUT2D eigenvalue weighted by Gasteiger charge is 2.73. The number of methoxy groups -OCH3 is 1. The smallest absolute Gasteiger partial charge is 0.179 e. The van der Waals surface area contributed by atoms with Gasteiger partial charge in [0.1, 0.15) is 12.4 Å². The molecule has 166 valence electrons. The minimum absolute atomic E-state index is 0.00715. The van der Waals surface area contributed by atoms with Crippen LogP contribution in [0.25, 0.3) is 0 Å². The fraction of sp³-hybridized carbons (Fsp3) is 0.739. The van der Waals surface area contributed by atoms with Crippen LogP contribution < -0.4 is 0 Å². The molecule has 1 N–H and O–H groups in total. The second-order valence-electron chi connectivity index (χ2n) is 9.74. The fourth-order valence-corrected chi connectivity index (χ4v) is 8.55. The summed E-state index contributed by atoms with van der Waals surface area (Å²) in [7, 11) is 1.54. The number of hydrogen-bond donors (Lipinski definition) is 1. The molecule has 30 heavy (non-hydrogen) atoms. The Labute approximate surface area is 191 Å². The maximum atomic E-state index is 13.1. The highest BCUT2D eigenvalue weighted by atomic mass is 79.9. The number of hydrogen-bond acceptors (Lipinski definition) is 5. The van der Waals surface area contributed by atoms with E-state index in [4.69, 9.17) is 21.1 Å². The monoisotopic (exact) mass is 500 g/mol. The van der Waals surface area contributed by atoms with Crippen LogP contribution in [0.4, 0.5) is 0 Å². The van der Waals surface area contributed by atoms with Crippen molar-refractivity contribution in [3.8, 4) is 0 Å². The van der Waals surface area contributed by atoms with E-state index in [1.165, 1.54) is 0 Å². The van der Waals surface area contributed by atoms with Gasteiger partial charge in [0, 0.05) is 17.9 Å². The molecule has 7 atom stereocenters. The number of carbonyl (C=O) groups excluding carboxylic acids is 2. The van der Waals surface area contributed by atoms with Gasteiger partial charge in [0.05, 0.1) is 16.3 Å². The van der Waals surface area contributed by atoms with Gasteiger partial charge >= 0.3 is 0 Å². The SMILES string of the molecule is COCO[C@]1(C(=O)CCl)CC[C@H]2[C@@H]3CCC4=CC(=O)C=C[C@]4(C)[C@@]3(Br)C(O)C[C@@]21C. The van der Waals surface area contributed by atoms with Gasteiger partial charge in [-0.3, -0.25) is 9.59 Å². The van der Waals surface area contributed by atoms with E-state index in [-0.39, 0.29) is 36.1 Å². The molecule has 0 saturated heterocycles. The summed E-state index contributed by atoms with van der Waals surface area (Å²) in [5.74, 6) is 0.0527. The lowest BCUT2D eigenvalue weighted by Gasteiger charge is -2.64. The van der Waals surface area contributed by atoms with E-state index in [0.717, 1.165) is 24.8 Å². The summed E-state index contributed by atoms with van der Waals surface area (Å²) < 4.78 is 10.7. The lowest BCUT2D eigenvalue weighted by molar-refractivity contribution is -0.207. The van der Waals surface area contributed by atoms with Crippen LogP contribution in [0.15, 0.2) is 23.8 Å². The lowest BCUT2D eigenvalue weighted by Crippen LogP contribution is -2.68. The summed E-state index contributed by atoms with van der Waals surface area (Å²) in [5, 5.41) is 11.6. The van der Waals surface area contributed by atoms with E-state index < -0.39 is 26.9 Å². The minimum Gasteiger partial charge on any atom is -0.392 e. The van der Waals surface area contributed by atoms with Crippen LogP contribution >= 0.6 is 27.5 Å². The Hall–Kier alpha value is -0.530. The quantitative estimate of drug-likeness (QED) is 0.456. The summed E-state index contributed by atoms with van der Waals surface area (Å²) in [6.07, 6.45) is 8.06. The van der Waals surface area contributed by atoms with Crippen LogP contribution in [0.1, 0.15) is 46.0 Å². The second kappa shape index (κ2) is 7.51. The summed E-state index contributed by atoms with van der Waals surface area (Å²) in [6.45, 7) is 4.21. The van der Waals surface area contributed by atoms with Gasteiger partial charge < -0.3 is 14.6 Å². The largest absolute Gasteiger partial charge is 0.392 e. The molecule has 0 heterocycles. The third-order valence-electron chi connectivity index (χ3n) is 8.76. The number of aliphatic hydroxyl groups is 1. The molecule has 0 amide bonds. The summed E-state index contributed by atoms with van der Waals surface area (Å²) in [6, 6.07) is 0. The van der Waals surface area contributed by atoms with E-state index in [9.17, 15) is 14.7 Å². The average Bonchev–Trinajstić information content (AvgIpc) is 3.00. The van der Waals surface area contributed by atoms with Gasteiger partial charge in [-0.15, -0.1) is 11.6 Å². The number of carbonyl (C=O) groups is 2. The maximum absolute atomic E-state index is 13.1. The third kappa shape index (κ3) is 2.70. The molecule has 0 bridgehead atoms. The standard InChI is InChI=1S/C23H30BrClO5/c1-20-8-6-15(26)10-14(20)4-5-17-16-7-9-22(19(28)12-25,30-13-29-3)21(16,2)11-18(27)23(17,20)24/h6,8,10,16-18,27H,4-5,7,9,11-13H2,1-3H3/t16-,17-,18?,20-,21-,22-,23-/m0/s1. The number of Topliss-reactive ketones (excluding diaryl/α,β-unsaturated/α-hetero) is 1. The van der Waals surface area contributed by atoms with Crippen LogP contribution in [0.5, 0.6) is 0 Å². The average molecular weight is 502 g/mol. The molecule has 5 nitrogen and oxygen atoms in total. The molecular weight excluding hydrogens is 472 g/mol. The van der Waals surface area contributed by atoms with Crippen molar-refractivity contribution in [3.63, 3.8) is 0 Å². The first-order valence-electron chi connectivity index (χ1n) is 10.6. The minimum atomic E-state index is -1.06. The summed E-state index contributed by atoms with van der Waals surface area (Å²) in [5.41, 5.74) is -0.993. The number of rotatable bonds is 5. The van der Waals surface area contributed by atoms with Crippen LogP contribution in [-0.4, -0.2) is 52.5 Å². The van der Waals surface area contributed by atoms with Crippen LogP contribution in [0.3, 0.4) is 0 Å². The van der Waals surface area contributed by atoms with Crippen molar-refractivity contribution in [2.24, 2.45) is 22.7 Å². The first-order chi connectivity index (χ1) is 14.1. The summed E-state index contributed by atoms with van der Waals surface area (Å²) in [4.78, 5) is 25.1. The lowest BCUT2D eigenvalue weighted by atomic mass is 9.46. The zero-order chi connectivity index (χ0) is 21.9. The molecule has 4 rings (SSSR count). The third-order valence-corrected chi connectivity index (χ3v) is 10.9. The second-order valence-corrected chi connectivity index (χ2v) is 11.3. The van der Waals surface area contributed by atoms with Crippen molar-refractivity contribution in [1.29, 1.82) is 0 Å². The molecule has 3 fully saturated rings. The Morgan fingerprint density at radius 2 is 2.07 bits per heavy atom. The number of alkyl halides is 2.